The minimum Gasteiger partial charge on any atom is -0.481 e. The maximum atomic E-state index is 13.0. The molecule has 0 radical (unpaired) electrons. The number of carbonyl (C=O) groups is 1. The van der Waals surface area contributed by atoms with Crippen molar-refractivity contribution in [2.75, 3.05) is 0 Å². The number of nitrogens with one attached hydrogen (secondary N) is 1. The molecule has 0 aliphatic rings. The lowest BCUT2D eigenvalue weighted by atomic mass is 9.74. The van der Waals surface area contributed by atoms with E-state index in [4.69, 9.17) is 0 Å². The third kappa shape index (κ3) is 3.50. The van der Waals surface area contributed by atoms with Gasteiger partial charge in [0.25, 0.3) is 0 Å². The molecular weight excluding hydrogens is 252 g/mol. The van der Waals surface area contributed by atoms with E-state index in [0.717, 1.165) is 6.07 Å². The first-order valence-corrected chi connectivity index (χ1v) is 5.99. The van der Waals surface area contributed by atoms with Crippen molar-refractivity contribution < 1.29 is 18.7 Å². The Morgan fingerprint density at radius 2 is 1.63 bits per heavy atom. The van der Waals surface area contributed by atoms with Gasteiger partial charge in [0.1, 0.15) is 11.6 Å². The second-order valence-electron chi connectivity index (χ2n) is 5.69. The Bertz CT molecular complexity index is 464. The van der Waals surface area contributed by atoms with E-state index in [2.05, 4.69) is 5.32 Å². The molecule has 1 aromatic rings. The molecule has 0 heterocycles. The van der Waals surface area contributed by atoms with Crippen molar-refractivity contribution >= 4 is 5.97 Å². The molecule has 0 aromatic heterocycles. The quantitative estimate of drug-likeness (QED) is 0.865. The molecule has 0 bridgehead atoms. The third-order valence-electron chi connectivity index (χ3n) is 3.75. The van der Waals surface area contributed by atoms with Crippen LogP contribution in [0.1, 0.15) is 33.3 Å². The molecule has 0 unspecified atom stereocenters. The van der Waals surface area contributed by atoms with Crippen LogP contribution in [0.15, 0.2) is 18.2 Å². The summed E-state index contributed by atoms with van der Waals surface area (Å²) in [6, 6.07) is 3.25. The second kappa shape index (κ2) is 5.25. The molecule has 19 heavy (non-hydrogen) atoms. The normalized spacial score (nSPS) is 12.5. The maximum absolute atomic E-state index is 13.0. The summed E-state index contributed by atoms with van der Waals surface area (Å²) in [6.45, 7) is 6.90. The van der Waals surface area contributed by atoms with Crippen LogP contribution in [0.4, 0.5) is 8.78 Å². The average molecular weight is 271 g/mol. The number of hydrogen-bond donors (Lipinski definition) is 2. The fourth-order valence-corrected chi connectivity index (χ4v) is 1.52. The number of carboxylic acid groups (broad SMARTS) is 1. The SMILES string of the molecule is CC(C)(NCc1cc(F)cc(F)c1)C(C)(C)C(=O)O. The lowest BCUT2D eigenvalue weighted by molar-refractivity contribution is -0.151. The Kier molecular flexibility index (Phi) is 4.30. The van der Waals surface area contributed by atoms with Gasteiger partial charge in [-0.2, -0.15) is 0 Å². The first-order chi connectivity index (χ1) is 8.56. The van der Waals surface area contributed by atoms with Crippen molar-refractivity contribution in [3.05, 3.63) is 35.4 Å². The molecular formula is C14H19F2NO2. The lowest BCUT2D eigenvalue weighted by Gasteiger charge is -2.39. The summed E-state index contributed by atoms with van der Waals surface area (Å²) in [6.07, 6.45) is 0. The minimum atomic E-state index is -1.02. The highest BCUT2D eigenvalue weighted by atomic mass is 19.1. The van der Waals surface area contributed by atoms with E-state index in [1.807, 2.05) is 0 Å². The van der Waals surface area contributed by atoms with Crippen LogP contribution in [-0.2, 0) is 11.3 Å². The van der Waals surface area contributed by atoms with Crippen LogP contribution in [0, 0.1) is 17.0 Å². The van der Waals surface area contributed by atoms with Crippen molar-refractivity contribution in [1.82, 2.24) is 5.32 Å². The summed E-state index contributed by atoms with van der Waals surface area (Å²) in [7, 11) is 0. The van der Waals surface area contributed by atoms with Gasteiger partial charge in [0.05, 0.1) is 5.41 Å². The summed E-state index contributed by atoms with van der Waals surface area (Å²) in [5.41, 5.74) is -1.31. The summed E-state index contributed by atoms with van der Waals surface area (Å²) in [4.78, 5) is 11.2. The Morgan fingerprint density at radius 1 is 1.16 bits per heavy atom. The van der Waals surface area contributed by atoms with Gasteiger partial charge in [-0.25, -0.2) is 8.78 Å². The highest BCUT2D eigenvalue weighted by Gasteiger charge is 2.42. The Morgan fingerprint density at radius 3 is 2.05 bits per heavy atom. The van der Waals surface area contributed by atoms with Gasteiger partial charge in [-0.15, -0.1) is 0 Å². The van der Waals surface area contributed by atoms with Crippen LogP contribution in [0.3, 0.4) is 0 Å². The predicted molar refractivity (Wildman–Crippen MR) is 68.7 cm³/mol. The Balaban J connectivity index is 2.83. The number of benzene rings is 1. The molecule has 0 atom stereocenters. The number of carboxylic acids is 1. The summed E-state index contributed by atoms with van der Waals surface area (Å²) < 4.78 is 26.1. The number of aliphatic carboxylic acids is 1. The van der Waals surface area contributed by atoms with Crippen LogP contribution < -0.4 is 5.32 Å². The largest absolute Gasteiger partial charge is 0.481 e. The summed E-state index contributed by atoms with van der Waals surface area (Å²) >= 11 is 0. The van der Waals surface area contributed by atoms with Gasteiger partial charge in [0.15, 0.2) is 0 Å². The van der Waals surface area contributed by atoms with Gasteiger partial charge in [0, 0.05) is 18.2 Å². The zero-order valence-electron chi connectivity index (χ0n) is 11.6. The lowest BCUT2D eigenvalue weighted by Crippen LogP contribution is -2.54. The Labute approximate surface area is 111 Å². The molecule has 1 aromatic carbocycles. The molecule has 0 aliphatic carbocycles. The molecule has 0 aliphatic heterocycles. The highest BCUT2D eigenvalue weighted by molar-refractivity contribution is 5.75. The van der Waals surface area contributed by atoms with Gasteiger partial charge in [-0.1, -0.05) is 0 Å². The van der Waals surface area contributed by atoms with Crippen molar-refractivity contribution in [2.24, 2.45) is 5.41 Å². The standard InChI is InChI=1S/C14H19F2NO2/c1-13(2,12(18)19)14(3,4)17-8-9-5-10(15)7-11(16)6-9/h5-7,17H,8H2,1-4H3,(H,18,19). The van der Waals surface area contributed by atoms with Crippen molar-refractivity contribution in [2.45, 2.75) is 39.8 Å². The molecule has 0 saturated heterocycles. The van der Waals surface area contributed by atoms with E-state index in [9.17, 15) is 18.7 Å². The van der Waals surface area contributed by atoms with Gasteiger partial charge in [-0.3, -0.25) is 4.79 Å². The minimum absolute atomic E-state index is 0.193. The van der Waals surface area contributed by atoms with Crippen molar-refractivity contribution in [3.63, 3.8) is 0 Å². The smallest absolute Gasteiger partial charge is 0.310 e. The third-order valence-corrected chi connectivity index (χ3v) is 3.75. The zero-order chi connectivity index (χ0) is 14.8. The number of rotatable bonds is 5. The second-order valence-corrected chi connectivity index (χ2v) is 5.69. The Hall–Kier alpha value is -1.49. The van der Waals surface area contributed by atoms with Crippen LogP contribution in [0.5, 0.6) is 0 Å². The molecule has 2 N–H and O–H groups in total. The number of hydrogen-bond acceptors (Lipinski definition) is 2. The first-order valence-electron chi connectivity index (χ1n) is 5.99. The highest BCUT2D eigenvalue weighted by Crippen LogP contribution is 2.31. The fourth-order valence-electron chi connectivity index (χ4n) is 1.52. The van der Waals surface area contributed by atoms with Gasteiger partial charge in [0.2, 0.25) is 0 Å². The fraction of sp³-hybridized carbons (Fsp3) is 0.500. The monoisotopic (exact) mass is 271 g/mol. The summed E-state index contributed by atoms with van der Waals surface area (Å²) in [5, 5.41) is 12.2. The van der Waals surface area contributed by atoms with Crippen LogP contribution in [-0.4, -0.2) is 16.6 Å². The molecule has 5 heteroatoms. The summed E-state index contributed by atoms with van der Waals surface area (Å²) in [5.74, 6) is -2.23. The van der Waals surface area contributed by atoms with E-state index in [0.29, 0.717) is 5.56 Å². The van der Waals surface area contributed by atoms with Gasteiger partial charge in [-0.05, 0) is 45.4 Å². The van der Waals surface area contributed by atoms with Crippen molar-refractivity contribution in [3.8, 4) is 0 Å². The van der Waals surface area contributed by atoms with Crippen LogP contribution in [0.25, 0.3) is 0 Å². The molecule has 0 amide bonds. The molecule has 3 nitrogen and oxygen atoms in total. The zero-order valence-corrected chi connectivity index (χ0v) is 11.6. The predicted octanol–water partition coefficient (Wildman–Crippen LogP) is 2.94. The molecule has 106 valence electrons. The van der Waals surface area contributed by atoms with E-state index in [1.54, 1.807) is 27.7 Å². The van der Waals surface area contributed by atoms with E-state index >= 15 is 0 Å². The van der Waals surface area contributed by atoms with Gasteiger partial charge < -0.3 is 10.4 Å². The average Bonchev–Trinajstić information content (AvgIpc) is 2.24. The van der Waals surface area contributed by atoms with E-state index in [1.165, 1.54) is 12.1 Å². The van der Waals surface area contributed by atoms with E-state index in [-0.39, 0.29) is 6.54 Å². The molecule has 0 spiro atoms. The first kappa shape index (κ1) is 15.6. The molecule has 1 rings (SSSR count). The van der Waals surface area contributed by atoms with E-state index < -0.39 is 28.6 Å². The molecule has 0 saturated carbocycles. The van der Waals surface area contributed by atoms with Crippen LogP contribution in [0.2, 0.25) is 0 Å². The van der Waals surface area contributed by atoms with Crippen molar-refractivity contribution in [1.29, 1.82) is 0 Å². The van der Waals surface area contributed by atoms with Crippen LogP contribution >= 0.6 is 0 Å². The van der Waals surface area contributed by atoms with Gasteiger partial charge >= 0.3 is 5.97 Å². The maximum Gasteiger partial charge on any atom is 0.310 e. The molecule has 0 fully saturated rings. The number of halogens is 2. The topological polar surface area (TPSA) is 49.3 Å².